The summed E-state index contributed by atoms with van der Waals surface area (Å²) in [7, 11) is 0. The van der Waals surface area contributed by atoms with Crippen LogP contribution in [0.4, 0.5) is 0 Å². The molecular formula is C10H14N2O2. The van der Waals surface area contributed by atoms with Gasteiger partial charge in [-0.05, 0) is 32.6 Å². The Morgan fingerprint density at radius 3 is 3.00 bits per heavy atom. The van der Waals surface area contributed by atoms with Gasteiger partial charge < -0.3 is 4.74 Å². The number of hydrogen-bond donors (Lipinski definition) is 1. The number of H-pyrrole nitrogens is 1. The van der Waals surface area contributed by atoms with Gasteiger partial charge in [0.2, 0.25) is 0 Å². The fraction of sp³-hybridized carbons (Fsp3) is 0.600. The van der Waals surface area contributed by atoms with Crippen molar-refractivity contribution in [2.75, 3.05) is 6.61 Å². The highest BCUT2D eigenvalue weighted by Gasteiger charge is 2.15. The molecule has 2 rings (SSSR count). The Labute approximate surface area is 82.3 Å². The summed E-state index contributed by atoms with van der Waals surface area (Å²) in [6.07, 6.45) is 3.96. The van der Waals surface area contributed by atoms with E-state index in [1.165, 1.54) is 0 Å². The van der Waals surface area contributed by atoms with Gasteiger partial charge in [-0.3, -0.25) is 9.78 Å². The van der Waals surface area contributed by atoms with Gasteiger partial charge in [-0.15, -0.1) is 0 Å². The smallest absolute Gasteiger partial charge is 0.296 e. The van der Waals surface area contributed by atoms with E-state index in [1.54, 1.807) is 0 Å². The van der Waals surface area contributed by atoms with Crippen molar-refractivity contribution >= 4 is 0 Å². The Bertz CT molecular complexity index is 384. The molecule has 0 aromatic carbocycles. The molecule has 0 radical (unpaired) electrons. The van der Waals surface area contributed by atoms with E-state index in [1.807, 2.05) is 6.92 Å². The third-order valence-electron chi connectivity index (χ3n) is 2.45. The molecule has 0 unspecified atom stereocenters. The first-order valence-electron chi connectivity index (χ1n) is 5.06. The van der Waals surface area contributed by atoms with E-state index in [-0.39, 0.29) is 5.56 Å². The van der Waals surface area contributed by atoms with Crippen molar-refractivity contribution in [1.29, 1.82) is 0 Å². The first kappa shape index (κ1) is 9.24. The lowest BCUT2D eigenvalue weighted by atomic mass is 9.97. The van der Waals surface area contributed by atoms with Crippen molar-refractivity contribution in [3.63, 3.8) is 0 Å². The molecule has 0 saturated carbocycles. The van der Waals surface area contributed by atoms with Gasteiger partial charge in [0.15, 0.2) is 0 Å². The van der Waals surface area contributed by atoms with Crippen LogP contribution in [0.25, 0.3) is 0 Å². The van der Waals surface area contributed by atoms with Gasteiger partial charge in [0, 0.05) is 5.56 Å². The van der Waals surface area contributed by atoms with Crippen LogP contribution in [0.15, 0.2) is 4.79 Å². The maximum absolute atomic E-state index is 11.6. The van der Waals surface area contributed by atoms with Gasteiger partial charge >= 0.3 is 0 Å². The number of rotatable bonds is 2. The van der Waals surface area contributed by atoms with Crippen LogP contribution < -0.4 is 10.3 Å². The molecule has 76 valence electrons. The summed E-state index contributed by atoms with van der Waals surface area (Å²) in [5, 5.41) is 0. The molecule has 1 heterocycles. The standard InChI is InChI=1S/C10H14N2O2/c1-2-14-10-11-8-6-4-3-5-7(8)9(13)12-10/h2-6H2,1H3,(H,11,12,13). The van der Waals surface area contributed by atoms with Crippen molar-refractivity contribution in [3.05, 3.63) is 21.6 Å². The average Bonchev–Trinajstić information content (AvgIpc) is 2.18. The number of nitrogens with one attached hydrogen (secondary N) is 1. The zero-order valence-corrected chi connectivity index (χ0v) is 8.30. The van der Waals surface area contributed by atoms with Crippen molar-refractivity contribution in [1.82, 2.24) is 9.97 Å². The summed E-state index contributed by atoms with van der Waals surface area (Å²) in [5.41, 5.74) is 1.74. The topological polar surface area (TPSA) is 55.0 Å². The largest absolute Gasteiger partial charge is 0.465 e. The van der Waals surface area contributed by atoms with Gasteiger partial charge in [-0.1, -0.05) is 0 Å². The third kappa shape index (κ3) is 1.64. The zero-order valence-electron chi connectivity index (χ0n) is 8.30. The van der Waals surface area contributed by atoms with Gasteiger partial charge in [-0.25, -0.2) is 4.98 Å². The first-order valence-corrected chi connectivity index (χ1v) is 5.06. The molecule has 1 aliphatic carbocycles. The first-order chi connectivity index (χ1) is 6.81. The maximum atomic E-state index is 11.6. The van der Waals surface area contributed by atoms with E-state index >= 15 is 0 Å². The number of fused-ring (bicyclic) bond motifs is 1. The fourth-order valence-electron chi connectivity index (χ4n) is 1.79. The molecular weight excluding hydrogens is 180 g/mol. The second-order valence-corrected chi connectivity index (χ2v) is 3.44. The monoisotopic (exact) mass is 194 g/mol. The molecule has 0 fully saturated rings. The molecule has 1 aromatic rings. The Kier molecular flexibility index (Phi) is 2.52. The minimum absolute atomic E-state index is 0.0295. The SMILES string of the molecule is CCOc1nc2c(c(=O)[nH]1)CCCC2. The van der Waals surface area contributed by atoms with Crippen molar-refractivity contribution in [2.24, 2.45) is 0 Å². The molecule has 0 aliphatic heterocycles. The lowest BCUT2D eigenvalue weighted by Crippen LogP contribution is -2.21. The molecule has 1 N–H and O–H groups in total. The molecule has 4 heteroatoms. The number of hydrogen-bond acceptors (Lipinski definition) is 3. The van der Waals surface area contributed by atoms with Gasteiger partial charge in [0.1, 0.15) is 0 Å². The van der Waals surface area contributed by atoms with Crippen molar-refractivity contribution in [3.8, 4) is 6.01 Å². The quantitative estimate of drug-likeness (QED) is 0.765. The highest BCUT2D eigenvalue weighted by Crippen LogP contribution is 2.17. The molecule has 0 spiro atoms. The van der Waals surface area contributed by atoms with Crippen molar-refractivity contribution in [2.45, 2.75) is 32.6 Å². The molecule has 1 aliphatic rings. The Morgan fingerprint density at radius 2 is 2.21 bits per heavy atom. The van der Waals surface area contributed by atoms with Crippen LogP contribution in [0, 0.1) is 0 Å². The Balaban J connectivity index is 2.41. The number of ether oxygens (including phenoxy) is 1. The van der Waals surface area contributed by atoms with Crippen LogP contribution in [0.1, 0.15) is 31.0 Å². The molecule has 0 atom stereocenters. The highest BCUT2D eigenvalue weighted by molar-refractivity contribution is 5.21. The number of aromatic amines is 1. The molecule has 4 nitrogen and oxygen atoms in total. The summed E-state index contributed by atoms with van der Waals surface area (Å²) in [6.45, 7) is 2.40. The van der Waals surface area contributed by atoms with Crippen LogP contribution in [0.2, 0.25) is 0 Å². The lowest BCUT2D eigenvalue weighted by molar-refractivity contribution is 0.309. The van der Waals surface area contributed by atoms with Gasteiger partial charge in [-0.2, -0.15) is 0 Å². The van der Waals surface area contributed by atoms with E-state index in [0.29, 0.717) is 12.6 Å². The number of nitrogens with zero attached hydrogens (tertiary/aromatic N) is 1. The summed E-state index contributed by atoms with van der Waals surface area (Å²) in [6, 6.07) is 0.359. The van der Waals surface area contributed by atoms with E-state index in [2.05, 4.69) is 9.97 Å². The zero-order chi connectivity index (χ0) is 9.97. The molecule has 0 bridgehead atoms. The average molecular weight is 194 g/mol. The van der Waals surface area contributed by atoms with Gasteiger partial charge in [0.25, 0.3) is 11.6 Å². The number of aryl methyl sites for hydroxylation is 1. The predicted octanol–water partition coefficient (Wildman–Crippen LogP) is 1.05. The maximum Gasteiger partial charge on any atom is 0.296 e. The summed E-state index contributed by atoms with van der Waals surface area (Å²) >= 11 is 0. The number of aromatic nitrogens is 2. The summed E-state index contributed by atoms with van der Waals surface area (Å²) < 4.78 is 5.19. The minimum Gasteiger partial charge on any atom is -0.465 e. The highest BCUT2D eigenvalue weighted by atomic mass is 16.5. The fourth-order valence-corrected chi connectivity index (χ4v) is 1.79. The van der Waals surface area contributed by atoms with E-state index in [0.717, 1.165) is 36.9 Å². The predicted molar refractivity (Wildman–Crippen MR) is 52.7 cm³/mol. The lowest BCUT2D eigenvalue weighted by Gasteiger charge is -2.14. The van der Waals surface area contributed by atoms with Crippen LogP contribution in [0.5, 0.6) is 6.01 Å². The Morgan fingerprint density at radius 1 is 1.43 bits per heavy atom. The molecule has 0 amide bonds. The van der Waals surface area contributed by atoms with Crippen LogP contribution in [-0.4, -0.2) is 16.6 Å². The second-order valence-electron chi connectivity index (χ2n) is 3.44. The van der Waals surface area contributed by atoms with Gasteiger partial charge in [0.05, 0.1) is 12.3 Å². The van der Waals surface area contributed by atoms with Crippen LogP contribution in [-0.2, 0) is 12.8 Å². The van der Waals surface area contributed by atoms with Crippen LogP contribution in [0.3, 0.4) is 0 Å². The summed E-state index contributed by atoms with van der Waals surface area (Å²) in [5.74, 6) is 0. The van der Waals surface area contributed by atoms with E-state index in [4.69, 9.17) is 4.74 Å². The van der Waals surface area contributed by atoms with E-state index in [9.17, 15) is 4.79 Å². The molecule has 1 aromatic heterocycles. The molecule has 14 heavy (non-hydrogen) atoms. The second kappa shape index (κ2) is 3.82. The van der Waals surface area contributed by atoms with Crippen molar-refractivity contribution < 1.29 is 4.74 Å². The van der Waals surface area contributed by atoms with E-state index < -0.39 is 0 Å². The minimum atomic E-state index is -0.0295. The summed E-state index contributed by atoms with van der Waals surface area (Å²) in [4.78, 5) is 18.5. The molecule has 0 saturated heterocycles. The normalized spacial score (nSPS) is 14.9. The van der Waals surface area contributed by atoms with Crippen LogP contribution >= 0.6 is 0 Å². The third-order valence-corrected chi connectivity index (χ3v) is 2.45. The Hall–Kier alpha value is -1.32.